The van der Waals surface area contributed by atoms with E-state index < -0.39 is 0 Å². The minimum Gasteiger partial charge on any atom is -0.335 e. The first kappa shape index (κ1) is 15.8. The second-order valence-corrected chi connectivity index (χ2v) is 5.33. The van der Waals surface area contributed by atoms with Crippen molar-refractivity contribution in [3.63, 3.8) is 0 Å². The SMILES string of the molecule is C=CCNC(=O)N[C@H](c1ccccc1)c1ccc(C)c(C)c1. The Morgan fingerprint density at radius 1 is 1.09 bits per heavy atom. The van der Waals surface area contributed by atoms with Gasteiger partial charge in [-0.2, -0.15) is 0 Å². The molecule has 2 N–H and O–H groups in total. The molecular formula is C19H22N2O. The molecule has 3 heteroatoms. The van der Waals surface area contributed by atoms with Gasteiger partial charge in [0.2, 0.25) is 0 Å². The predicted molar refractivity (Wildman–Crippen MR) is 90.9 cm³/mol. The van der Waals surface area contributed by atoms with Crippen LogP contribution in [0, 0.1) is 13.8 Å². The molecule has 2 amide bonds. The Balaban J connectivity index is 2.31. The third-order valence-corrected chi connectivity index (χ3v) is 3.68. The molecule has 0 saturated carbocycles. The quantitative estimate of drug-likeness (QED) is 0.807. The van der Waals surface area contributed by atoms with Crippen molar-refractivity contribution < 1.29 is 4.79 Å². The Kier molecular flexibility index (Phi) is 5.37. The van der Waals surface area contributed by atoms with Gasteiger partial charge in [0.05, 0.1) is 6.04 Å². The zero-order valence-electron chi connectivity index (χ0n) is 13.1. The van der Waals surface area contributed by atoms with E-state index >= 15 is 0 Å². The largest absolute Gasteiger partial charge is 0.335 e. The molecule has 0 radical (unpaired) electrons. The molecule has 0 bridgehead atoms. The van der Waals surface area contributed by atoms with Crippen molar-refractivity contribution in [2.45, 2.75) is 19.9 Å². The van der Waals surface area contributed by atoms with Gasteiger partial charge in [0.25, 0.3) is 0 Å². The van der Waals surface area contributed by atoms with Crippen molar-refractivity contribution >= 4 is 6.03 Å². The lowest BCUT2D eigenvalue weighted by molar-refractivity contribution is 0.239. The van der Waals surface area contributed by atoms with Crippen molar-refractivity contribution in [1.29, 1.82) is 0 Å². The Hall–Kier alpha value is -2.55. The molecule has 0 aliphatic heterocycles. The van der Waals surface area contributed by atoms with Gasteiger partial charge in [0.15, 0.2) is 0 Å². The van der Waals surface area contributed by atoms with Gasteiger partial charge in [-0.25, -0.2) is 4.79 Å². The minimum atomic E-state index is -0.202. The highest BCUT2D eigenvalue weighted by molar-refractivity contribution is 5.75. The highest BCUT2D eigenvalue weighted by atomic mass is 16.2. The lowest BCUT2D eigenvalue weighted by Gasteiger charge is -2.21. The summed E-state index contributed by atoms with van der Waals surface area (Å²) in [5.74, 6) is 0. The molecule has 0 aliphatic carbocycles. The second-order valence-electron chi connectivity index (χ2n) is 5.33. The topological polar surface area (TPSA) is 41.1 Å². The number of carbonyl (C=O) groups excluding carboxylic acids is 1. The zero-order valence-corrected chi connectivity index (χ0v) is 13.1. The third-order valence-electron chi connectivity index (χ3n) is 3.68. The Bertz CT molecular complexity index is 650. The first-order valence-corrected chi connectivity index (χ1v) is 7.39. The molecule has 0 unspecified atom stereocenters. The normalized spacial score (nSPS) is 11.5. The summed E-state index contributed by atoms with van der Waals surface area (Å²) in [4.78, 5) is 12.0. The maximum absolute atomic E-state index is 12.0. The van der Waals surface area contributed by atoms with Crippen molar-refractivity contribution in [3.05, 3.63) is 83.4 Å². The van der Waals surface area contributed by atoms with E-state index in [1.54, 1.807) is 6.08 Å². The average Bonchev–Trinajstić information content (AvgIpc) is 2.54. The first-order valence-electron chi connectivity index (χ1n) is 7.39. The molecule has 2 aromatic carbocycles. The monoisotopic (exact) mass is 294 g/mol. The lowest BCUT2D eigenvalue weighted by atomic mass is 9.96. The summed E-state index contributed by atoms with van der Waals surface area (Å²) in [5, 5.41) is 5.79. The fourth-order valence-corrected chi connectivity index (χ4v) is 2.30. The number of hydrogen-bond donors (Lipinski definition) is 2. The van der Waals surface area contributed by atoms with Crippen LogP contribution in [0.3, 0.4) is 0 Å². The van der Waals surface area contributed by atoms with Crippen molar-refractivity contribution in [2.24, 2.45) is 0 Å². The molecule has 2 rings (SSSR count). The van der Waals surface area contributed by atoms with E-state index in [2.05, 4.69) is 49.3 Å². The molecule has 2 aromatic rings. The number of hydrogen-bond acceptors (Lipinski definition) is 1. The fraction of sp³-hybridized carbons (Fsp3) is 0.211. The molecule has 0 heterocycles. The first-order chi connectivity index (χ1) is 10.6. The number of nitrogens with one attached hydrogen (secondary N) is 2. The number of carbonyl (C=O) groups is 1. The van der Waals surface area contributed by atoms with Gasteiger partial charge in [0, 0.05) is 6.54 Å². The zero-order chi connectivity index (χ0) is 15.9. The van der Waals surface area contributed by atoms with E-state index in [-0.39, 0.29) is 12.1 Å². The highest BCUT2D eigenvalue weighted by Gasteiger charge is 2.16. The molecule has 22 heavy (non-hydrogen) atoms. The molecule has 0 aromatic heterocycles. The van der Waals surface area contributed by atoms with Gasteiger partial charge in [0.1, 0.15) is 0 Å². The molecule has 0 saturated heterocycles. The van der Waals surface area contributed by atoms with E-state index in [9.17, 15) is 4.79 Å². The summed E-state index contributed by atoms with van der Waals surface area (Å²) in [6.07, 6.45) is 1.66. The Morgan fingerprint density at radius 3 is 2.45 bits per heavy atom. The predicted octanol–water partition coefficient (Wildman–Crippen LogP) is 3.88. The summed E-state index contributed by atoms with van der Waals surface area (Å²) in [7, 11) is 0. The molecule has 3 nitrogen and oxygen atoms in total. The van der Waals surface area contributed by atoms with E-state index in [0.717, 1.165) is 11.1 Å². The summed E-state index contributed by atoms with van der Waals surface area (Å²) < 4.78 is 0. The molecule has 1 atom stereocenters. The summed E-state index contributed by atoms with van der Waals surface area (Å²) in [5.41, 5.74) is 4.58. The standard InChI is InChI=1S/C19H22N2O/c1-4-12-20-19(22)21-18(16-8-6-5-7-9-16)17-11-10-14(2)15(3)13-17/h4-11,13,18H,1,12H2,2-3H3,(H2,20,21,22)/t18-/m1/s1. The lowest BCUT2D eigenvalue weighted by Crippen LogP contribution is -2.38. The van der Waals surface area contributed by atoms with Crippen LogP contribution in [0.25, 0.3) is 0 Å². The second kappa shape index (κ2) is 7.46. The van der Waals surface area contributed by atoms with Crippen molar-refractivity contribution in [3.8, 4) is 0 Å². The minimum absolute atomic E-state index is 0.176. The van der Waals surface area contributed by atoms with Gasteiger partial charge in [-0.3, -0.25) is 0 Å². The van der Waals surface area contributed by atoms with Crippen LogP contribution in [-0.2, 0) is 0 Å². The van der Waals surface area contributed by atoms with Crippen LogP contribution in [0.5, 0.6) is 0 Å². The van der Waals surface area contributed by atoms with Crippen molar-refractivity contribution in [1.82, 2.24) is 10.6 Å². The Labute approximate surface area is 132 Å². The van der Waals surface area contributed by atoms with Gasteiger partial charge >= 0.3 is 6.03 Å². The van der Waals surface area contributed by atoms with Crippen LogP contribution in [0.1, 0.15) is 28.3 Å². The summed E-state index contributed by atoms with van der Waals surface area (Å²) in [6.45, 7) is 8.22. The van der Waals surface area contributed by atoms with E-state index in [1.807, 2.05) is 30.3 Å². The highest BCUT2D eigenvalue weighted by Crippen LogP contribution is 2.23. The number of aryl methyl sites for hydroxylation is 2. The summed E-state index contributed by atoms with van der Waals surface area (Å²) >= 11 is 0. The van der Waals surface area contributed by atoms with E-state index in [1.165, 1.54) is 11.1 Å². The molecule has 114 valence electrons. The van der Waals surface area contributed by atoms with Crippen molar-refractivity contribution in [2.75, 3.05) is 6.54 Å². The summed E-state index contributed by atoms with van der Waals surface area (Å²) in [6, 6.07) is 15.9. The number of rotatable bonds is 5. The van der Waals surface area contributed by atoms with Gasteiger partial charge in [-0.05, 0) is 36.1 Å². The number of benzene rings is 2. The van der Waals surface area contributed by atoms with Gasteiger partial charge in [-0.15, -0.1) is 6.58 Å². The maximum Gasteiger partial charge on any atom is 0.315 e. The van der Waals surface area contributed by atoms with Gasteiger partial charge in [-0.1, -0.05) is 54.6 Å². The fourth-order valence-electron chi connectivity index (χ4n) is 2.30. The van der Waals surface area contributed by atoms with Gasteiger partial charge < -0.3 is 10.6 Å². The maximum atomic E-state index is 12.0. The van der Waals surface area contributed by atoms with Crippen LogP contribution >= 0.6 is 0 Å². The molecule has 0 aliphatic rings. The van der Waals surface area contributed by atoms with Crippen LogP contribution < -0.4 is 10.6 Å². The molecule has 0 fully saturated rings. The number of urea groups is 1. The van der Waals surface area contributed by atoms with Crippen LogP contribution in [0.4, 0.5) is 4.79 Å². The number of amides is 2. The van der Waals surface area contributed by atoms with Crippen LogP contribution in [-0.4, -0.2) is 12.6 Å². The molecular weight excluding hydrogens is 272 g/mol. The van der Waals surface area contributed by atoms with E-state index in [4.69, 9.17) is 0 Å². The Morgan fingerprint density at radius 2 is 1.82 bits per heavy atom. The third kappa shape index (κ3) is 3.98. The van der Waals surface area contributed by atoms with E-state index in [0.29, 0.717) is 6.54 Å². The smallest absolute Gasteiger partial charge is 0.315 e. The van der Waals surface area contributed by atoms with Crippen LogP contribution in [0.15, 0.2) is 61.2 Å². The van der Waals surface area contributed by atoms with Crippen LogP contribution in [0.2, 0.25) is 0 Å². The molecule has 0 spiro atoms. The average molecular weight is 294 g/mol.